The maximum atomic E-state index is 10.8. The van der Waals surface area contributed by atoms with E-state index in [1.165, 1.54) is 6.07 Å². The minimum absolute atomic E-state index is 0.208. The van der Waals surface area contributed by atoms with E-state index in [9.17, 15) is 4.79 Å². The highest BCUT2D eigenvalue weighted by Gasteiger charge is 2.03. The van der Waals surface area contributed by atoms with E-state index in [1.807, 2.05) is 5.43 Å². The zero-order valence-corrected chi connectivity index (χ0v) is 6.30. The lowest BCUT2D eigenvalue weighted by molar-refractivity contribution is 0.0948. The van der Waals surface area contributed by atoms with Crippen LogP contribution in [0.5, 0.6) is 0 Å². The van der Waals surface area contributed by atoms with Crippen LogP contribution in [-0.4, -0.2) is 10.9 Å². The fraction of sp³-hybridized carbons (Fsp3) is 0. The predicted molar refractivity (Wildman–Crippen MR) is 40.9 cm³/mol. The van der Waals surface area contributed by atoms with E-state index in [2.05, 4.69) is 4.98 Å². The number of nitrogen functional groups attached to an aromatic ring is 1. The first-order chi connectivity index (χ1) is 5.24. The molecule has 0 bridgehead atoms. The van der Waals surface area contributed by atoms with Crippen molar-refractivity contribution in [2.75, 3.05) is 0 Å². The van der Waals surface area contributed by atoms with Gasteiger partial charge in [-0.25, -0.2) is 10.8 Å². The highest BCUT2D eigenvalue weighted by atomic mass is 35.5. The molecule has 1 amide bonds. The third kappa shape index (κ3) is 1.89. The molecule has 1 rings (SSSR count). The highest BCUT2D eigenvalue weighted by molar-refractivity contribution is 6.29. The summed E-state index contributed by atoms with van der Waals surface area (Å²) in [6.45, 7) is 0. The summed E-state index contributed by atoms with van der Waals surface area (Å²) < 4.78 is 0. The van der Waals surface area contributed by atoms with Crippen LogP contribution in [0.2, 0.25) is 5.15 Å². The highest BCUT2D eigenvalue weighted by Crippen LogP contribution is 2.04. The molecule has 0 aliphatic carbocycles. The Morgan fingerprint density at radius 3 is 2.91 bits per heavy atom. The van der Waals surface area contributed by atoms with Gasteiger partial charge in [0.2, 0.25) is 0 Å². The first kappa shape index (κ1) is 7.97. The summed E-state index contributed by atoms with van der Waals surface area (Å²) in [5.41, 5.74) is 2.16. The Hall–Kier alpha value is -1.13. The van der Waals surface area contributed by atoms with E-state index in [4.69, 9.17) is 17.4 Å². The second-order valence-corrected chi connectivity index (χ2v) is 2.21. The molecule has 0 fully saturated rings. The average Bonchev–Trinajstić information content (AvgIpc) is 2.03. The molecule has 1 heterocycles. The van der Waals surface area contributed by atoms with E-state index in [1.54, 1.807) is 12.1 Å². The fourth-order valence-electron chi connectivity index (χ4n) is 0.609. The van der Waals surface area contributed by atoms with Crippen LogP contribution in [-0.2, 0) is 0 Å². The number of hydrogen-bond acceptors (Lipinski definition) is 3. The molecule has 0 radical (unpaired) electrons. The molecule has 58 valence electrons. The minimum Gasteiger partial charge on any atom is -0.289 e. The number of nitrogens with one attached hydrogen (secondary N) is 1. The monoisotopic (exact) mass is 171 g/mol. The quantitative estimate of drug-likeness (QED) is 0.277. The van der Waals surface area contributed by atoms with Crippen molar-refractivity contribution in [3.63, 3.8) is 0 Å². The number of aromatic nitrogens is 1. The summed E-state index contributed by atoms with van der Waals surface area (Å²) in [7, 11) is 0. The van der Waals surface area contributed by atoms with Gasteiger partial charge in [-0.05, 0) is 12.1 Å². The Balaban J connectivity index is 2.96. The van der Waals surface area contributed by atoms with Crippen LogP contribution in [0.3, 0.4) is 0 Å². The third-order valence-electron chi connectivity index (χ3n) is 1.08. The molecule has 3 N–H and O–H groups in total. The molecule has 11 heavy (non-hydrogen) atoms. The maximum absolute atomic E-state index is 10.8. The summed E-state index contributed by atoms with van der Waals surface area (Å²) in [5, 5.41) is 0.270. The van der Waals surface area contributed by atoms with Crippen molar-refractivity contribution in [3.05, 3.63) is 29.0 Å². The van der Waals surface area contributed by atoms with Crippen molar-refractivity contribution < 1.29 is 4.79 Å². The molecule has 0 unspecified atom stereocenters. The van der Waals surface area contributed by atoms with E-state index < -0.39 is 5.91 Å². The van der Waals surface area contributed by atoms with Gasteiger partial charge in [0.1, 0.15) is 10.8 Å². The Labute approximate surface area is 68.3 Å². The molecule has 0 atom stereocenters. The van der Waals surface area contributed by atoms with Crippen molar-refractivity contribution in [1.82, 2.24) is 10.4 Å². The first-order valence-corrected chi connectivity index (χ1v) is 3.25. The molecule has 1 aromatic rings. The summed E-state index contributed by atoms with van der Waals surface area (Å²) in [4.78, 5) is 14.5. The van der Waals surface area contributed by atoms with Crippen molar-refractivity contribution in [2.24, 2.45) is 5.84 Å². The molecule has 0 spiro atoms. The number of carbonyl (C=O) groups excluding carboxylic acids is 1. The van der Waals surface area contributed by atoms with Gasteiger partial charge >= 0.3 is 0 Å². The van der Waals surface area contributed by atoms with Gasteiger partial charge < -0.3 is 0 Å². The van der Waals surface area contributed by atoms with E-state index in [-0.39, 0.29) is 10.8 Å². The van der Waals surface area contributed by atoms with Gasteiger partial charge in [0.25, 0.3) is 5.91 Å². The number of pyridine rings is 1. The normalized spacial score (nSPS) is 9.27. The number of nitrogens with two attached hydrogens (primary N) is 1. The molecular formula is C6H6ClN3O. The second-order valence-electron chi connectivity index (χ2n) is 1.82. The Morgan fingerprint density at radius 2 is 2.36 bits per heavy atom. The number of carbonyl (C=O) groups is 1. The summed E-state index contributed by atoms with van der Waals surface area (Å²) in [6, 6.07) is 4.73. The number of hydrazine groups is 1. The van der Waals surface area contributed by atoms with Gasteiger partial charge in [0.15, 0.2) is 0 Å². The third-order valence-corrected chi connectivity index (χ3v) is 1.29. The van der Waals surface area contributed by atoms with Crippen LogP contribution < -0.4 is 11.3 Å². The molecule has 0 saturated heterocycles. The number of halogens is 1. The largest absolute Gasteiger partial charge is 0.289 e. The molecule has 0 aliphatic rings. The van der Waals surface area contributed by atoms with Gasteiger partial charge in [-0.3, -0.25) is 10.2 Å². The zero-order valence-electron chi connectivity index (χ0n) is 5.54. The summed E-state index contributed by atoms with van der Waals surface area (Å²) in [5.74, 6) is 4.42. The number of hydrogen-bond donors (Lipinski definition) is 2. The molecule has 0 aliphatic heterocycles. The Kier molecular flexibility index (Phi) is 2.40. The summed E-state index contributed by atoms with van der Waals surface area (Å²) >= 11 is 5.51. The van der Waals surface area contributed by atoms with Crippen LogP contribution in [0.4, 0.5) is 0 Å². The second kappa shape index (κ2) is 3.32. The predicted octanol–water partition coefficient (Wildman–Crippen LogP) is 0.338. The zero-order chi connectivity index (χ0) is 8.27. The number of nitrogens with zero attached hydrogens (tertiary/aromatic N) is 1. The van der Waals surface area contributed by atoms with Crippen molar-refractivity contribution >= 4 is 17.5 Å². The van der Waals surface area contributed by atoms with Crippen molar-refractivity contribution in [1.29, 1.82) is 0 Å². The average molecular weight is 172 g/mol. The SMILES string of the molecule is NNC(=O)c1cccc(Cl)n1. The number of rotatable bonds is 1. The van der Waals surface area contributed by atoms with Crippen molar-refractivity contribution in [3.8, 4) is 0 Å². The standard InChI is InChI=1S/C6H6ClN3O/c7-5-3-1-2-4(9-5)6(11)10-8/h1-3H,8H2,(H,10,11). The lowest BCUT2D eigenvalue weighted by Crippen LogP contribution is -2.30. The first-order valence-electron chi connectivity index (χ1n) is 2.87. The minimum atomic E-state index is -0.451. The van der Waals surface area contributed by atoms with E-state index >= 15 is 0 Å². The van der Waals surface area contributed by atoms with Crippen LogP contribution >= 0.6 is 11.6 Å². The van der Waals surface area contributed by atoms with Crippen LogP contribution in [0, 0.1) is 0 Å². The van der Waals surface area contributed by atoms with Crippen LogP contribution in [0.25, 0.3) is 0 Å². The Morgan fingerprint density at radius 1 is 1.64 bits per heavy atom. The smallest absolute Gasteiger partial charge is 0.283 e. The number of amides is 1. The van der Waals surface area contributed by atoms with E-state index in [0.717, 1.165) is 0 Å². The molecule has 0 saturated carbocycles. The molecule has 5 heteroatoms. The van der Waals surface area contributed by atoms with Crippen LogP contribution in [0.15, 0.2) is 18.2 Å². The van der Waals surface area contributed by atoms with Gasteiger partial charge in [-0.2, -0.15) is 0 Å². The Bertz CT molecular complexity index is 276. The maximum Gasteiger partial charge on any atom is 0.283 e. The lowest BCUT2D eigenvalue weighted by atomic mass is 10.3. The van der Waals surface area contributed by atoms with Crippen LogP contribution in [0.1, 0.15) is 10.5 Å². The molecular weight excluding hydrogens is 166 g/mol. The molecule has 1 aromatic heterocycles. The molecule has 4 nitrogen and oxygen atoms in total. The molecule has 0 aromatic carbocycles. The van der Waals surface area contributed by atoms with Gasteiger partial charge in [0.05, 0.1) is 0 Å². The van der Waals surface area contributed by atoms with Gasteiger partial charge in [-0.15, -0.1) is 0 Å². The van der Waals surface area contributed by atoms with Gasteiger partial charge in [0, 0.05) is 0 Å². The lowest BCUT2D eigenvalue weighted by Gasteiger charge is -1.96. The fourth-order valence-corrected chi connectivity index (χ4v) is 0.772. The topological polar surface area (TPSA) is 68.0 Å². The summed E-state index contributed by atoms with van der Waals surface area (Å²) in [6.07, 6.45) is 0. The van der Waals surface area contributed by atoms with Crippen molar-refractivity contribution in [2.45, 2.75) is 0 Å². The van der Waals surface area contributed by atoms with E-state index in [0.29, 0.717) is 0 Å². The van der Waals surface area contributed by atoms with Gasteiger partial charge in [-0.1, -0.05) is 17.7 Å².